The molecule has 3 nitrogen and oxygen atoms in total. The van der Waals surface area contributed by atoms with Crippen LogP contribution in [0.15, 0.2) is 84.9 Å². The second-order valence-corrected chi connectivity index (χ2v) is 11.4. The molecule has 200 valence electrons. The summed E-state index contributed by atoms with van der Waals surface area (Å²) >= 11 is 0. The van der Waals surface area contributed by atoms with Gasteiger partial charge in [-0.05, 0) is 95.6 Å². The van der Waals surface area contributed by atoms with Crippen LogP contribution in [0.2, 0.25) is 0 Å². The van der Waals surface area contributed by atoms with E-state index in [0.29, 0.717) is 0 Å². The lowest BCUT2D eigenvalue weighted by atomic mass is 9.55. The monoisotopic (exact) mass is 543 g/mol. The number of rotatable bonds is 1. The zero-order valence-corrected chi connectivity index (χ0v) is 23.4. The van der Waals surface area contributed by atoms with Gasteiger partial charge < -0.3 is 4.90 Å². The van der Waals surface area contributed by atoms with Crippen LogP contribution >= 0.6 is 0 Å². The number of aryl methyl sites for hydroxylation is 2. The van der Waals surface area contributed by atoms with Crippen molar-refractivity contribution in [2.24, 2.45) is 0 Å². The summed E-state index contributed by atoms with van der Waals surface area (Å²) < 4.78 is 14.6. The molecule has 42 heavy (non-hydrogen) atoms. The molecule has 0 bridgehead atoms. The number of benzene rings is 4. The van der Waals surface area contributed by atoms with E-state index in [9.17, 15) is 4.39 Å². The van der Waals surface area contributed by atoms with Gasteiger partial charge in [-0.25, -0.2) is 4.39 Å². The van der Waals surface area contributed by atoms with Crippen LogP contribution in [0.3, 0.4) is 0 Å². The highest BCUT2D eigenvalue weighted by molar-refractivity contribution is 5.93. The Morgan fingerprint density at radius 1 is 0.762 bits per heavy atom. The van der Waals surface area contributed by atoms with Gasteiger partial charge in [-0.1, -0.05) is 60.4 Å². The van der Waals surface area contributed by atoms with E-state index in [2.05, 4.69) is 70.4 Å². The van der Waals surface area contributed by atoms with Crippen molar-refractivity contribution in [3.63, 3.8) is 0 Å². The predicted octanol–water partition coefficient (Wildman–Crippen LogP) is 6.83. The van der Waals surface area contributed by atoms with Crippen LogP contribution in [0.1, 0.15) is 55.9 Å². The summed E-state index contributed by atoms with van der Waals surface area (Å²) in [6, 6.07) is 28.3. The number of hydrogen-bond donors (Lipinski definition) is 0. The Bertz CT molecular complexity index is 2000. The molecule has 0 N–H and O–H groups in total. The quantitative estimate of drug-likeness (QED) is 0.217. The lowest BCUT2D eigenvalue weighted by Gasteiger charge is -2.54. The second-order valence-electron chi connectivity index (χ2n) is 11.4. The van der Waals surface area contributed by atoms with E-state index in [0.717, 1.165) is 74.5 Å². The van der Waals surface area contributed by atoms with E-state index in [1.807, 2.05) is 38.1 Å². The van der Waals surface area contributed by atoms with Gasteiger partial charge >= 0.3 is 0 Å². The minimum Gasteiger partial charge on any atom is -0.354 e. The zero-order valence-electron chi connectivity index (χ0n) is 23.4. The topological polar surface area (TPSA) is 29.0 Å². The van der Waals surface area contributed by atoms with Crippen LogP contribution in [0, 0.1) is 44.4 Å². The van der Waals surface area contributed by atoms with E-state index >= 15 is 0 Å². The first-order valence-corrected chi connectivity index (χ1v) is 14.2. The Morgan fingerprint density at radius 2 is 1.38 bits per heavy atom. The van der Waals surface area contributed by atoms with Gasteiger partial charge in [-0.15, -0.1) is 12.8 Å². The SMILES string of the molecule is C#Cc1ccc2c(c1)C1(c3cc(C#C)ccc3-2)c2c(C)nnc(C)c2N2CCc3ccccc3C21c1ccc(F)cc1. The maximum Gasteiger partial charge on any atom is 0.123 e. The summed E-state index contributed by atoms with van der Waals surface area (Å²) in [6.07, 6.45) is 13.0. The number of hydrogen-bond acceptors (Lipinski definition) is 3. The molecule has 0 saturated carbocycles. The van der Waals surface area contributed by atoms with Gasteiger partial charge in [0.1, 0.15) is 11.4 Å². The first kappa shape index (κ1) is 24.6. The third-order valence-electron chi connectivity index (χ3n) is 9.63. The Kier molecular flexibility index (Phi) is 4.93. The Morgan fingerprint density at radius 3 is 2.02 bits per heavy atom. The Balaban J connectivity index is 1.70. The highest BCUT2D eigenvalue weighted by Gasteiger charge is 2.70. The molecule has 1 aromatic heterocycles. The van der Waals surface area contributed by atoms with Gasteiger partial charge in [0.05, 0.1) is 22.5 Å². The van der Waals surface area contributed by atoms with Crippen molar-refractivity contribution in [3.8, 4) is 35.8 Å². The summed E-state index contributed by atoms with van der Waals surface area (Å²) in [5.41, 5.74) is 11.7. The van der Waals surface area contributed by atoms with Crippen molar-refractivity contribution in [2.45, 2.75) is 31.2 Å². The van der Waals surface area contributed by atoms with Gasteiger partial charge in [0.25, 0.3) is 0 Å². The van der Waals surface area contributed by atoms with E-state index in [1.54, 1.807) is 12.1 Å². The summed E-state index contributed by atoms with van der Waals surface area (Å²) in [5, 5.41) is 9.39. The molecular formula is C38H26FN3. The molecule has 0 saturated heterocycles. The fraction of sp³-hybridized carbons (Fsp3) is 0.158. The first-order chi connectivity index (χ1) is 20.5. The summed E-state index contributed by atoms with van der Waals surface area (Å²) in [5.74, 6) is 5.50. The smallest absolute Gasteiger partial charge is 0.123 e. The third-order valence-corrected chi connectivity index (χ3v) is 9.63. The van der Waals surface area contributed by atoms with Crippen molar-refractivity contribution >= 4 is 5.69 Å². The zero-order chi connectivity index (χ0) is 28.8. The molecule has 4 heteroatoms. The Hall–Kier alpha value is -5.19. The number of terminal acetylenes is 2. The number of nitrogens with zero attached hydrogens (tertiary/aromatic N) is 3. The predicted molar refractivity (Wildman–Crippen MR) is 164 cm³/mol. The largest absolute Gasteiger partial charge is 0.354 e. The molecule has 1 aliphatic carbocycles. The molecule has 1 spiro atoms. The number of anilines is 1. The van der Waals surface area contributed by atoms with Gasteiger partial charge in [0.15, 0.2) is 0 Å². The maximum atomic E-state index is 14.6. The van der Waals surface area contributed by atoms with Crippen LogP contribution in [0.4, 0.5) is 10.1 Å². The van der Waals surface area contributed by atoms with Gasteiger partial charge in [-0.3, -0.25) is 0 Å². The average molecular weight is 544 g/mol. The molecule has 8 rings (SSSR count). The minimum atomic E-state index is -0.814. The van der Waals surface area contributed by atoms with Crippen molar-refractivity contribution < 1.29 is 4.39 Å². The number of aromatic nitrogens is 2. The number of fused-ring (bicyclic) bond motifs is 12. The van der Waals surface area contributed by atoms with Crippen LogP contribution in [-0.2, 0) is 17.4 Å². The van der Waals surface area contributed by atoms with Crippen molar-refractivity contribution in [2.75, 3.05) is 11.4 Å². The molecule has 1 atom stereocenters. The van der Waals surface area contributed by atoms with Crippen molar-refractivity contribution in [1.82, 2.24) is 10.2 Å². The second kappa shape index (κ2) is 8.41. The molecule has 2 aliphatic heterocycles. The van der Waals surface area contributed by atoms with Gasteiger partial charge in [0.2, 0.25) is 0 Å². The normalized spacial score (nSPS) is 18.4. The van der Waals surface area contributed by atoms with E-state index in [1.165, 1.54) is 11.1 Å². The van der Waals surface area contributed by atoms with Crippen molar-refractivity contribution in [3.05, 3.63) is 147 Å². The molecule has 1 unspecified atom stereocenters. The van der Waals surface area contributed by atoms with Crippen LogP contribution in [-0.4, -0.2) is 16.7 Å². The first-order valence-electron chi connectivity index (χ1n) is 14.2. The number of halogens is 1. The standard InChI is InChI=1S/C38H26FN3/c1-5-25-11-17-30-31-18-12-26(6-2)22-34(31)37(33(30)21-25)35-23(3)40-41-24(4)36(35)42-20-19-27-9-7-8-10-32(27)38(37,42)28-13-15-29(39)16-14-28/h1-2,7-18,21-22H,19-20H2,3-4H3. The average Bonchev–Trinajstić information content (AvgIpc) is 3.48. The van der Waals surface area contributed by atoms with E-state index in [-0.39, 0.29) is 5.82 Å². The van der Waals surface area contributed by atoms with E-state index < -0.39 is 11.0 Å². The summed E-state index contributed by atoms with van der Waals surface area (Å²) in [6.45, 7) is 4.83. The van der Waals surface area contributed by atoms with Gasteiger partial charge in [0, 0.05) is 23.2 Å². The molecule has 0 radical (unpaired) electrons. The molecule has 3 aliphatic rings. The van der Waals surface area contributed by atoms with Crippen LogP contribution in [0.5, 0.6) is 0 Å². The third kappa shape index (κ3) is 2.73. The highest BCUT2D eigenvalue weighted by atomic mass is 19.1. The Labute approximate surface area is 245 Å². The fourth-order valence-electron chi connectivity index (χ4n) is 8.26. The van der Waals surface area contributed by atoms with Crippen LogP contribution < -0.4 is 4.90 Å². The summed E-state index contributed by atoms with van der Waals surface area (Å²) in [7, 11) is 0. The van der Waals surface area contributed by atoms with E-state index in [4.69, 9.17) is 17.9 Å². The van der Waals surface area contributed by atoms with Gasteiger partial charge in [-0.2, -0.15) is 10.2 Å². The lowest BCUT2D eigenvalue weighted by Crippen LogP contribution is -2.59. The lowest BCUT2D eigenvalue weighted by molar-refractivity contribution is 0.357. The fourth-order valence-corrected chi connectivity index (χ4v) is 8.26. The molecule has 3 heterocycles. The molecule has 5 aromatic rings. The van der Waals surface area contributed by atoms with Crippen molar-refractivity contribution in [1.29, 1.82) is 0 Å². The maximum absolute atomic E-state index is 14.6. The van der Waals surface area contributed by atoms with Crippen LogP contribution in [0.25, 0.3) is 11.1 Å². The molecule has 0 fully saturated rings. The molecular weight excluding hydrogens is 517 g/mol. The highest BCUT2D eigenvalue weighted by Crippen LogP contribution is 2.71. The molecule has 4 aromatic carbocycles. The summed E-state index contributed by atoms with van der Waals surface area (Å²) in [4.78, 5) is 2.51. The molecule has 0 amide bonds. The minimum absolute atomic E-state index is 0.275.